The van der Waals surface area contributed by atoms with E-state index >= 15 is 0 Å². The topological polar surface area (TPSA) is 183 Å². The average Bonchev–Trinajstić information content (AvgIpc) is 3.80. The number of nitrogens with one attached hydrogen (secondary N) is 3. The number of carbonyl (C=O) groups excluding carboxylic acids is 1. The normalized spacial score (nSPS) is 15.5. The lowest BCUT2D eigenvalue weighted by atomic mass is 9.99. The number of halogens is 1. The van der Waals surface area contributed by atoms with Gasteiger partial charge in [0.2, 0.25) is 0 Å². The van der Waals surface area contributed by atoms with Gasteiger partial charge in [0.05, 0.1) is 9.82 Å². The highest BCUT2D eigenvalue weighted by molar-refractivity contribution is 7.99. The number of piperazine rings is 1. The molecule has 2 saturated heterocycles. The molecule has 1 atom stereocenters. The molecule has 15 nitrogen and oxygen atoms in total. The van der Waals surface area contributed by atoms with Crippen molar-refractivity contribution in [1.29, 1.82) is 0 Å². The number of tetrazole rings is 1. The molecule has 3 heterocycles. The second kappa shape index (κ2) is 19.5. The molecule has 2 aliphatic rings. The molecule has 0 unspecified atom stereocenters. The van der Waals surface area contributed by atoms with Crippen molar-refractivity contribution in [2.45, 2.75) is 34.7 Å². The summed E-state index contributed by atoms with van der Waals surface area (Å²) in [7, 11) is -4.46. The van der Waals surface area contributed by atoms with E-state index in [9.17, 15) is 23.3 Å². The minimum atomic E-state index is -4.46. The zero-order valence-corrected chi connectivity index (χ0v) is 36.0. The molecule has 2 fully saturated rings. The molecule has 18 heteroatoms. The second-order valence-electron chi connectivity index (χ2n) is 15.3. The van der Waals surface area contributed by atoms with Gasteiger partial charge < -0.3 is 15.1 Å². The van der Waals surface area contributed by atoms with Gasteiger partial charge in [0.25, 0.3) is 21.6 Å². The van der Waals surface area contributed by atoms with Crippen molar-refractivity contribution < 1.29 is 18.1 Å². The minimum Gasteiger partial charge on any atom is -0.376 e. The summed E-state index contributed by atoms with van der Waals surface area (Å²) in [5.41, 5.74) is 4.38. The van der Waals surface area contributed by atoms with Crippen LogP contribution in [0.25, 0.3) is 11.1 Å². The van der Waals surface area contributed by atoms with Gasteiger partial charge in [-0.05, 0) is 83.8 Å². The van der Waals surface area contributed by atoms with E-state index in [0.717, 1.165) is 74.6 Å². The first-order chi connectivity index (χ1) is 30.1. The number of H-pyrrole nitrogens is 1. The maximum atomic E-state index is 13.5. The molecular formula is C44H45ClN10O5S2. The third-order valence-corrected chi connectivity index (χ3v) is 13.9. The van der Waals surface area contributed by atoms with E-state index in [0.29, 0.717) is 23.0 Å². The smallest absolute Gasteiger partial charge is 0.293 e. The largest absolute Gasteiger partial charge is 0.376 e. The molecule has 0 saturated carbocycles. The highest BCUT2D eigenvalue weighted by atomic mass is 35.5. The Bertz CT molecular complexity index is 2570. The van der Waals surface area contributed by atoms with Gasteiger partial charge in [-0.3, -0.25) is 19.8 Å². The summed E-state index contributed by atoms with van der Waals surface area (Å²) < 4.78 is 29.1. The molecule has 8 rings (SSSR count). The lowest BCUT2D eigenvalue weighted by Crippen LogP contribution is -2.47. The Balaban J connectivity index is 0.871. The van der Waals surface area contributed by atoms with Crippen LogP contribution in [0.5, 0.6) is 0 Å². The van der Waals surface area contributed by atoms with Crippen LogP contribution in [-0.4, -0.2) is 107 Å². The van der Waals surface area contributed by atoms with Gasteiger partial charge in [-0.2, -0.15) is 5.21 Å². The number of nitrogens with zero attached hydrogens (tertiary/aromatic N) is 7. The fraction of sp³-hybridized carbons (Fsp3) is 0.273. The zero-order valence-electron chi connectivity index (χ0n) is 33.6. The number of aromatic nitrogens is 4. The van der Waals surface area contributed by atoms with Crippen molar-refractivity contribution in [2.24, 2.45) is 0 Å². The standard InChI is InChI=1S/C44H45ClN10O5S2/c45-35-14-10-31(11-15-35)40-9-5-4-6-33(40)27-52-22-24-54(25-23-52)37-16-12-32(13-17-37)44(56)49-62(59,60)39-18-19-41(42(26-39)55(57)58)46-36(30-61-38-7-2-1-3-8-38)20-21-53-28-34(29-53)43-47-50-51-48-43/h1-19,26,34,36,46H,20-25,27-30H2,(H,49,56)(H,47,48,50,51)/t36-/m1/s1. The Morgan fingerprint density at radius 2 is 1.63 bits per heavy atom. The van der Waals surface area contributed by atoms with Gasteiger partial charge in [0.15, 0.2) is 5.82 Å². The number of hydrogen-bond acceptors (Lipinski definition) is 13. The first-order valence-corrected chi connectivity index (χ1v) is 23.1. The van der Waals surface area contributed by atoms with E-state index in [-0.39, 0.29) is 23.2 Å². The Labute approximate surface area is 369 Å². The Morgan fingerprint density at radius 3 is 2.34 bits per heavy atom. The molecule has 1 aromatic heterocycles. The van der Waals surface area contributed by atoms with Crippen molar-refractivity contribution in [3.63, 3.8) is 0 Å². The van der Waals surface area contributed by atoms with Crippen LogP contribution in [0, 0.1) is 10.1 Å². The monoisotopic (exact) mass is 892 g/mol. The minimum absolute atomic E-state index is 0.145. The number of likely N-dealkylation sites (tertiary alicyclic amines) is 1. The van der Waals surface area contributed by atoms with Crippen LogP contribution in [0.3, 0.4) is 0 Å². The number of carbonyl (C=O) groups is 1. The molecule has 62 heavy (non-hydrogen) atoms. The van der Waals surface area contributed by atoms with E-state index in [1.54, 1.807) is 36.0 Å². The zero-order chi connectivity index (χ0) is 43.1. The van der Waals surface area contributed by atoms with E-state index in [1.807, 2.05) is 60.7 Å². The number of thioether (sulfide) groups is 1. The maximum Gasteiger partial charge on any atom is 0.293 e. The Kier molecular flexibility index (Phi) is 13.4. The number of rotatable bonds is 17. The molecular weight excluding hydrogens is 848 g/mol. The number of benzene rings is 5. The van der Waals surface area contributed by atoms with Crippen molar-refractivity contribution in [2.75, 3.05) is 61.8 Å². The van der Waals surface area contributed by atoms with Crippen LogP contribution in [0.4, 0.5) is 17.1 Å². The van der Waals surface area contributed by atoms with E-state index in [4.69, 9.17) is 11.6 Å². The summed E-state index contributed by atoms with van der Waals surface area (Å²) in [6, 6.07) is 36.4. The number of anilines is 2. The van der Waals surface area contributed by atoms with Gasteiger partial charge in [0, 0.05) is 97.3 Å². The maximum absolute atomic E-state index is 13.5. The average molecular weight is 893 g/mol. The van der Waals surface area contributed by atoms with Crippen LogP contribution in [-0.2, 0) is 16.6 Å². The summed E-state index contributed by atoms with van der Waals surface area (Å²) in [6.45, 7) is 6.33. The predicted octanol–water partition coefficient (Wildman–Crippen LogP) is 6.93. The van der Waals surface area contributed by atoms with Crippen LogP contribution in [0.2, 0.25) is 5.02 Å². The number of sulfonamides is 1. The van der Waals surface area contributed by atoms with Gasteiger partial charge in [-0.25, -0.2) is 13.1 Å². The lowest BCUT2D eigenvalue weighted by molar-refractivity contribution is -0.384. The number of aromatic amines is 1. The first kappa shape index (κ1) is 42.8. The fourth-order valence-corrected chi connectivity index (χ4v) is 9.83. The number of nitro benzene ring substituents is 1. The van der Waals surface area contributed by atoms with Crippen molar-refractivity contribution in [1.82, 2.24) is 35.1 Å². The van der Waals surface area contributed by atoms with Crippen LogP contribution < -0.4 is 14.9 Å². The SMILES string of the molecule is O=C(NS(=O)(=O)c1ccc(N[C@H](CCN2CC(c3nn[nH]n3)C2)CSc2ccccc2)c([N+](=O)[O-])c1)c1ccc(N2CCN(Cc3ccccc3-c3ccc(Cl)cc3)CC2)cc1. The Hall–Kier alpha value is -5.85. The van der Waals surface area contributed by atoms with E-state index in [2.05, 4.69) is 63.6 Å². The van der Waals surface area contributed by atoms with Crippen LogP contribution >= 0.6 is 23.4 Å². The van der Waals surface area contributed by atoms with Crippen LogP contribution in [0.1, 0.15) is 34.1 Å². The fourth-order valence-electron chi connectivity index (χ4n) is 7.72. The highest BCUT2D eigenvalue weighted by Gasteiger charge is 2.32. The van der Waals surface area contributed by atoms with E-state index in [1.165, 1.54) is 23.3 Å². The van der Waals surface area contributed by atoms with Gasteiger partial charge in [-0.15, -0.1) is 22.0 Å². The molecule has 0 radical (unpaired) electrons. The molecule has 3 N–H and O–H groups in total. The summed E-state index contributed by atoms with van der Waals surface area (Å²) >= 11 is 7.75. The predicted molar refractivity (Wildman–Crippen MR) is 241 cm³/mol. The highest BCUT2D eigenvalue weighted by Crippen LogP contribution is 2.32. The lowest BCUT2D eigenvalue weighted by Gasteiger charge is -2.38. The van der Waals surface area contributed by atoms with Crippen molar-refractivity contribution in [3.8, 4) is 11.1 Å². The third kappa shape index (κ3) is 10.6. The summed E-state index contributed by atoms with van der Waals surface area (Å²) in [4.78, 5) is 32.6. The van der Waals surface area contributed by atoms with Crippen molar-refractivity contribution in [3.05, 3.63) is 153 Å². The van der Waals surface area contributed by atoms with Crippen LogP contribution in [0.15, 0.2) is 131 Å². The van der Waals surface area contributed by atoms with Crippen molar-refractivity contribution >= 4 is 56.4 Å². The second-order valence-corrected chi connectivity index (χ2v) is 18.5. The molecule has 5 aromatic carbocycles. The summed E-state index contributed by atoms with van der Waals surface area (Å²) in [5, 5.41) is 30.7. The third-order valence-electron chi connectivity index (χ3n) is 11.2. The molecule has 0 bridgehead atoms. The quantitative estimate of drug-likeness (QED) is 0.0488. The number of nitro groups is 1. The van der Waals surface area contributed by atoms with Gasteiger partial charge in [0.1, 0.15) is 5.69 Å². The molecule has 0 spiro atoms. The number of amides is 1. The van der Waals surface area contributed by atoms with Gasteiger partial charge >= 0.3 is 0 Å². The first-order valence-electron chi connectivity index (χ1n) is 20.2. The Morgan fingerprint density at radius 1 is 0.903 bits per heavy atom. The molecule has 0 aliphatic carbocycles. The molecule has 320 valence electrons. The van der Waals surface area contributed by atoms with Gasteiger partial charge in [-0.1, -0.05) is 71.4 Å². The number of hydrogen-bond donors (Lipinski definition) is 3. The summed E-state index contributed by atoms with van der Waals surface area (Å²) in [6.07, 6.45) is 0.669. The molecule has 6 aromatic rings. The summed E-state index contributed by atoms with van der Waals surface area (Å²) in [5.74, 6) is 0.649. The molecule has 2 aliphatic heterocycles. The molecule has 1 amide bonds. The van der Waals surface area contributed by atoms with E-state index < -0.39 is 31.4 Å².